The molecule has 0 atom stereocenters. The number of hydrogen-bond acceptors (Lipinski definition) is 2. The zero-order valence-corrected chi connectivity index (χ0v) is 11.5. The van der Waals surface area contributed by atoms with E-state index in [0.29, 0.717) is 5.84 Å². The van der Waals surface area contributed by atoms with Crippen molar-refractivity contribution in [2.24, 2.45) is 0 Å². The lowest BCUT2D eigenvalue weighted by Crippen LogP contribution is -1.81. The summed E-state index contributed by atoms with van der Waals surface area (Å²) < 4.78 is 8.66. The van der Waals surface area contributed by atoms with Crippen molar-refractivity contribution in [2.45, 2.75) is 0 Å². The van der Waals surface area contributed by atoms with E-state index in [1.165, 1.54) is 0 Å². The summed E-state index contributed by atoms with van der Waals surface area (Å²) in [5.74, 6) is 0.604. The summed E-state index contributed by atoms with van der Waals surface area (Å²) in [7, 11) is 0. The van der Waals surface area contributed by atoms with Gasteiger partial charge in [0.1, 0.15) is 10.3 Å². The van der Waals surface area contributed by atoms with Crippen LogP contribution in [0.5, 0.6) is 0 Å². The van der Waals surface area contributed by atoms with E-state index in [2.05, 4.69) is 20.9 Å². The predicted molar refractivity (Wildman–Crippen MR) is 78.1 cm³/mol. The number of aromatic nitrogens is 2. The lowest BCUT2D eigenvalue weighted by molar-refractivity contribution is 0.641. The first-order valence-electron chi connectivity index (χ1n) is 5.95. The summed E-state index contributed by atoms with van der Waals surface area (Å²) in [5, 5.41) is 0. The van der Waals surface area contributed by atoms with E-state index in [0.717, 1.165) is 27.0 Å². The normalized spacial score (nSPS) is 11.4. The minimum absolute atomic E-state index is 0.604. The van der Waals surface area contributed by atoms with Crippen molar-refractivity contribution in [3.05, 3.63) is 59.2 Å². The van der Waals surface area contributed by atoms with Crippen molar-refractivity contribution >= 4 is 32.9 Å². The quantitative estimate of drug-likeness (QED) is 0.517. The molecule has 0 aliphatic heterocycles. The van der Waals surface area contributed by atoms with Crippen molar-refractivity contribution in [2.75, 3.05) is 0 Å². The lowest BCUT2D eigenvalue weighted by Gasteiger charge is -1.97. The zero-order valence-electron chi connectivity index (χ0n) is 9.88. The van der Waals surface area contributed by atoms with Gasteiger partial charge in [0.05, 0.1) is 5.52 Å². The van der Waals surface area contributed by atoms with Gasteiger partial charge >= 0.3 is 5.84 Å². The number of hydrogen-bond donors (Lipinski definition) is 0. The predicted octanol–water partition coefficient (Wildman–Crippen LogP) is 4.51. The molecule has 4 rings (SSSR count). The lowest BCUT2D eigenvalue weighted by atomic mass is 10.2. The molecule has 2 aromatic heterocycles. The Kier molecular flexibility index (Phi) is 2.26. The van der Waals surface area contributed by atoms with Crippen LogP contribution in [-0.4, -0.2) is 9.38 Å². The molecule has 4 aromatic rings. The van der Waals surface area contributed by atoms with Gasteiger partial charge in [-0.3, -0.25) is 4.40 Å². The molecule has 0 saturated carbocycles. The fourth-order valence-corrected chi connectivity index (χ4v) is 2.93. The first kappa shape index (κ1) is 10.8. The second-order valence-electron chi connectivity index (χ2n) is 4.31. The van der Waals surface area contributed by atoms with Crippen LogP contribution >= 0.6 is 15.9 Å². The maximum atomic E-state index is 5.76. The van der Waals surface area contributed by atoms with E-state index in [1.54, 1.807) is 0 Å². The van der Waals surface area contributed by atoms with Crippen LogP contribution in [0.25, 0.3) is 28.2 Å². The summed E-state index contributed by atoms with van der Waals surface area (Å²) in [6.45, 7) is 0. The minimum atomic E-state index is 0.604. The van der Waals surface area contributed by atoms with E-state index >= 15 is 0 Å². The molecule has 4 heteroatoms. The molecular formula is C15H9BrN2O. The maximum absolute atomic E-state index is 5.76. The molecule has 0 aliphatic carbocycles. The van der Waals surface area contributed by atoms with Crippen molar-refractivity contribution in [3.8, 4) is 11.3 Å². The fraction of sp³-hybridized carbons (Fsp3) is 0. The number of nitrogens with zero attached hydrogens (tertiary/aromatic N) is 2. The van der Waals surface area contributed by atoms with E-state index in [-0.39, 0.29) is 0 Å². The highest BCUT2D eigenvalue weighted by atomic mass is 79.9. The molecule has 0 fully saturated rings. The molecule has 0 aliphatic rings. The largest absolute Gasteiger partial charge is 0.423 e. The Balaban J connectivity index is 2.08. The summed E-state index contributed by atoms with van der Waals surface area (Å²) in [6.07, 6.45) is 0. The van der Waals surface area contributed by atoms with Crippen molar-refractivity contribution in [1.82, 2.24) is 9.38 Å². The van der Waals surface area contributed by atoms with Crippen molar-refractivity contribution < 1.29 is 4.42 Å². The molecule has 0 spiro atoms. The molecule has 0 unspecified atom stereocenters. The first-order chi connectivity index (χ1) is 9.34. The molecule has 2 aromatic carbocycles. The van der Waals surface area contributed by atoms with Crippen LogP contribution in [0.1, 0.15) is 0 Å². The third-order valence-electron chi connectivity index (χ3n) is 3.15. The molecule has 2 heterocycles. The highest BCUT2D eigenvalue weighted by Crippen LogP contribution is 2.32. The zero-order chi connectivity index (χ0) is 12.8. The van der Waals surface area contributed by atoms with Crippen LogP contribution < -0.4 is 0 Å². The minimum Gasteiger partial charge on any atom is -0.423 e. The molecule has 3 nitrogen and oxygen atoms in total. The number of rotatable bonds is 1. The Morgan fingerprint density at radius 1 is 0.947 bits per heavy atom. The standard InChI is InChI=1S/C15H9BrN2O/c16-14-13(10-6-2-1-3-7-10)17-15-18(14)11-8-4-5-9-12(11)19-15/h1-9H. The van der Waals surface area contributed by atoms with E-state index in [4.69, 9.17) is 4.42 Å². The van der Waals surface area contributed by atoms with Crippen LogP contribution in [0.2, 0.25) is 0 Å². The van der Waals surface area contributed by atoms with Crippen LogP contribution in [0.3, 0.4) is 0 Å². The Bertz CT molecular complexity index is 877. The van der Waals surface area contributed by atoms with Gasteiger partial charge in [-0.1, -0.05) is 42.5 Å². The van der Waals surface area contributed by atoms with Gasteiger partial charge in [-0.15, -0.1) is 0 Å². The second-order valence-corrected chi connectivity index (χ2v) is 5.06. The summed E-state index contributed by atoms with van der Waals surface area (Å²) in [6, 6.07) is 18.0. The third-order valence-corrected chi connectivity index (χ3v) is 3.88. The number of para-hydroxylation sites is 2. The topological polar surface area (TPSA) is 30.4 Å². The van der Waals surface area contributed by atoms with Gasteiger partial charge < -0.3 is 4.42 Å². The summed E-state index contributed by atoms with van der Waals surface area (Å²) >= 11 is 3.63. The van der Waals surface area contributed by atoms with Gasteiger partial charge in [0.25, 0.3) is 0 Å². The Hall–Kier alpha value is -2.07. The Morgan fingerprint density at radius 3 is 2.53 bits per heavy atom. The number of benzene rings is 2. The highest BCUT2D eigenvalue weighted by Gasteiger charge is 2.16. The average Bonchev–Trinajstić information content (AvgIpc) is 2.97. The SMILES string of the molecule is Brc1c(-c2ccccc2)nc2oc3ccccc3n12. The second kappa shape index (κ2) is 3.96. The smallest absolute Gasteiger partial charge is 0.308 e. The van der Waals surface area contributed by atoms with Crippen molar-refractivity contribution in [3.63, 3.8) is 0 Å². The number of imidazole rings is 1. The maximum Gasteiger partial charge on any atom is 0.308 e. The Labute approximate surface area is 117 Å². The third kappa shape index (κ3) is 1.53. The molecule has 0 saturated heterocycles. The van der Waals surface area contributed by atoms with Crippen LogP contribution in [0.4, 0.5) is 0 Å². The van der Waals surface area contributed by atoms with Gasteiger partial charge in [0.2, 0.25) is 0 Å². The van der Waals surface area contributed by atoms with Crippen LogP contribution in [-0.2, 0) is 0 Å². The monoisotopic (exact) mass is 312 g/mol. The van der Waals surface area contributed by atoms with Gasteiger partial charge in [-0.25, -0.2) is 0 Å². The highest BCUT2D eigenvalue weighted by molar-refractivity contribution is 9.10. The Morgan fingerprint density at radius 2 is 1.68 bits per heavy atom. The van der Waals surface area contributed by atoms with E-state index < -0.39 is 0 Å². The van der Waals surface area contributed by atoms with Gasteiger partial charge in [-0.2, -0.15) is 4.98 Å². The molecule has 0 N–H and O–H groups in total. The van der Waals surface area contributed by atoms with E-state index in [1.807, 2.05) is 59.0 Å². The van der Waals surface area contributed by atoms with Crippen molar-refractivity contribution in [1.29, 1.82) is 0 Å². The molecular weight excluding hydrogens is 304 g/mol. The van der Waals surface area contributed by atoms with Gasteiger partial charge in [0, 0.05) is 5.56 Å². The summed E-state index contributed by atoms with van der Waals surface area (Å²) in [5.41, 5.74) is 3.81. The van der Waals surface area contributed by atoms with Crippen LogP contribution in [0.15, 0.2) is 63.6 Å². The molecule has 0 bridgehead atoms. The molecule has 0 radical (unpaired) electrons. The van der Waals surface area contributed by atoms with Gasteiger partial charge in [-0.05, 0) is 28.1 Å². The van der Waals surface area contributed by atoms with E-state index in [9.17, 15) is 0 Å². The number of halogens is 1. The number of fused-ring (bicyclic) bond motifs is 3. The number of oxazole rings is 1. The van der Waals surface area contributed by atoms with Gasteiger partial charge in [0.15, 0.2) is 5.58 Å². The fourth-order valence-electron chi connectivity index (χ4n) is 2.27. The summed E-state index contributed by atoms with van der Waals surface area (Å²) in [4.78, 5) is 4.57. The first-order valence-corrected chi connectivity index (χ1v) is 6.75. The molecule has 92 valence electrons. The van der Waals surface area contributed by atoms with Crippen LogP contribution in [0, 0.1) is 0 Å². The average molecular weight is 313 g/mol. The molecule has 19 heavy (non-hydrogen) atoms. The molecule has 0 amide bonds.